The number of rotatable bonds is 2. The van der Waals surface area contributed by atoms with Gasteiger partial charge < -0.3 is 4.98 Å². The number of aromatic nitrogens is 1. The van der Waals surface area contributed by atoms with Gasteiger partial charge in [0.2, 0.25) is 10.0 Å². The Morgan fingerprint density at radius 1 is 1.40 bits per heavy atom. The normalized spacial score (nSPS) is 12.1. The lowest BCUT2D eigenvalue weighted by Crippen LogP contribution is -2.18. The molecule has 0 aliphatic rings. The fourth-order valence-corrected chi connectivity index (χ4v) is 2.80. The minimum absolute atomic E-state index is 0.265. The number of hydrogen-bond donors (Lipinski definition) is 2. The van der Waals surface area contributed by atoms with Crippen LogP contribution in [0.25, 0.3) is 10.9 Å². The minimum atomic E-state index is -3.40. The first-order chi connectivity index (χ1) is 7.06. The Labute approximate surface area is 95.9 Å². The third-order valence-corrected chi connectivity index (χ3v) is 4.30. The second-order valence-electron chi connectivity index (χ2n) is 3.02. The molecule has 0 saturated carbocycles. The van der Waals surface area contributed by atoms with E-state index in [0.717, 1.165) is 9.99 Å². The third kappa shape index (κ3) is 1.68. The first-order valence-electron chi connectivity index (χ1n) is 4.25. The first-order valence-corrected chi connectivity index (χ1v) is 6.53. The molecule has 0 spiro atoms. The number of sulfonamides is 1. The van der Waals surface area contributed by atoms with Crippen LogP contribution >= 0.6 is 15.9 Å². The summed E-state index contributed by atoms with van der Waals surface area (Å²) < 4.78 is 26.4. The number of halogens is 1. The van der Waals surface area contributed by atoms with Crippen molar-refractivity contribution in [3.63, 3.8) is 0 Å². The quantitative estimate of drug-likeness (QED) is 0.886. The molecule has 0 amide bonds. The lowest BCUT2D eigenvalue weighted by molar-refractivity contribution is 0.589. The fourth-order valence-electron chi connectivity index (χ4n) is 1.42. The van der Waals surface area contributed by atoms with E-state index in [1.165, 1.54) is 13.2 Å². The van der Waals surface area contributed by atoms with Gasteiger partial charge in [0, 0.05) is 16.1 Å². The summed E-state index contributed by atoms with van der Waals surface area (Å²) >= 11 is 3.35. The van der Waals surface area contributed by atoms with Crippen LogP contribution in [0.1, 0.15) is 0 Å². The second kappa shape index (κ2) is 3.62. The highest BCUT2D eigenvalue weighted by Gasteiger charge is 2.17. The van der Waals surface area contributed by atoms with Crippen LogP contribution in [-0.2, 0) is 10.0 Å². The summed E-state index contributed by atoms with van der Waals surface area (Å²) in [6.45, 7) is 0. The highest BCUT2D eigenvalue weighted by molar-refractivity contribution is 9.10. The van der Waals surface area contributed by atoms with Crippen molar-refractivity contribution in [2.45, 2.75) is 4.90 Å². The van der Waals surface area contributed by atoms with E-state index >= 15 is 0 Å². The standard InChI is InChI=1S/C9H9BrN2O2S/c1-11-15(13,14)8-5-12-9-6(8)3-2-4-7(9)10/h2-5,11-12H,1H3. The van der Waals surface area contributed by atoms with Crippen molar-refractivity contribution < 1.29 is 8.42 Å². The van der Waals surface area contributed by atoms with Crippen molar-refractivity contribution in [2.24, 2.45) is 0 Å². The molecule has 0 radical (unpaired) electrons. The lowest BCUT2D eigenvalue weighted by Gasteiger charge is -1.99. The van der Waals surface area contributed by atoms with Crippen LogP contribution in [0.5, 0.6) is 0 Å². The van der Waals surface area contributed by atoms with E-state index in [9.17, 15) is 8.42 Å². The van der Waals surface area contributed by atoms with Gasteiger partial charge in [-0.05, 0) is 29.0 Å². The summed E-state index contributed by atoms with van der Waals surface area (Å²) in [6, 6.07) is 5.42. The fraction of sp³-hybridized carbons (Fsp3) is 0.111. The maximum atomic E-state index is 11.6. The summed E-state index contributed by atoms with van der Waals surface area (Å²) in [7, 11) is -2.01. The number of nitrogens with one attached hydrogen (secondary N) is 2. The van der Waals surface area contributed by atoms with Gasteiger partial charge in [-0.1, -0.05) is 12.1 Å². The molecular weight excluding hydrogens is 280 g/mol. The van der Waals surface area contributed by atoms with Gasteiger partial charge in [-0.15, -0.1) is 0 Å². The largest absolute Gasteiger partial charge is 0.359 e. The van der Waals surface area contributed by atoms with Crippen LogP contribution in [0.15, 0.2) is 33.8 Å². The van der Waals surface area contributed by atoms with Gasteiger partial charge in [-0.25, -0.2) is 13.1 Å². The Bertz CT molecular complexity index is 604. The molecule has 4 nitrogen and oxygen atoms in total. The van der Waals surface area contributed by atoms with Crippen LogP contribution in [-0.4, -0.2) is 20.4 Å². The van der Waals surface area contributed by atoms with Gasteiger partial charge >= 0.3 is 0 Å². The summed E-state index contributed by atoms with van der Waals surface area (Å²) in [6.07, 6.45) is 1.49. The molecule has 0 aliphatic heterocycles. The molecule has 2 N–H and O–H groups in total. The Morgan fingerprint density at radius 2 is 2.13 bits per heavy atom. The smallest absolute Gasteiger partial charge is 0.242 e. The van der Waals surface area contributed by atoms with Gasteiger partial charge in [-0.3, -0.25) is 0 Å². The molecule has 0 unspecified atom stereocenters. The number of benzene rings is 1. The molecule has 0 atom stereocenters. The summed E-state index contributed by atoms with van der Waals surface area (Å²) in [4.78, 5) is 3.20. The zero-order chi connectivity index (χ0) is 11.1. The maximum absolute atomic E-state index is 11.6. The average molecular weight is 289 g/mol. The zero-order valence-electron chi connectivity index (χ0n) is 7.91. The SMILES string of the molecule is CNS(=O)(=O)c1c[nH]c2c(Br)cccc12. The predicted octanol–water partition coefficient (Wildman–Crippen LogP) is 1.84. The van der Waals surface area contributed by atoms with E-state index in [1.807, 2.05) is 6.07 Å². The number of hydrogen-bond acceptors (Lipinski definition) is 2. The van der Waals surface area contributed by atoms with Crippen molar-refractivity contribution in [2.75, 3.05) is 7.05 Å². The van der Waals surface area contributed by atoms with E-state index in [4.69, 9.17) is 0 Å². The monoisotopic (exact) mass is 288 g/mol. The summed E-state index contributed by atoms with van der Waals surface area (Å²) in [5.41, 5.74) is 0.784. The van der Waals surface area contributed by atoms with E-state index in [-0.39, 0.29) is 4.90 Å². The Balaban J connectivity index is 2.81. The van der Waals surface area contributed by atoms with Crippen molar-refractivity contribution in [3.05, 3.63) is 28.9 Å². The molecule has 6 heteroatoms. The highest BCUT2D eigenvalue weighted by Crippen LogP contribution is 2.27. The van der Waals surface area contributed by atoms with Crippen molar-refractivity contribution in [3.8, 4) is 0 Å². The topological polar surface area (TPSA) is 62.0 Å². The molecular formula is C9H9BrN2O2S. The molecule has 1 aromatic heterocycles. The van der Waals surface area contributed by atoms with Gasteiger partial charge in [0.15, 0.2) is 0 Å². The number of para-hydroxylation sites is 1. The van der Waals surface area contributed by atoms with Crippen LogP contribution < -0.4 is 4.72 Å². The van der Waals surface area contributed by atoms with Crippen LogP contribution in [0.3, 0.4) is 0 Å². The molecule has 2 aromatic rings. The van der Waals surface area contributed by atoms with Crippen LogP contribution in [0.4, 0.5) is 0 Å². The third-order valence-electron chi connectivity index (χ3n) is 2.18. The van der Waals surface area contributed by atoms with E-state index < -0.39 is 10.0 Å². The maximum Gasteiger partial charge on any atom is 0.242 e. The molecule has 1 heterocycles. The van der Waals surface area contributed by atoms with Gasteiger partial charge in [0.25, 0.3) is 0 Å². The molecule has 0 bridgehead atoms. The predicted molar refractivity (Wildman–Crippen MR) is 62.2 cm³/mol. The Hall–Kier alpha value is -0.850. The van der Waals surface area contributed by atoms with Crippen LogP contribution in [0.2, 0.25) is 0 Å². The average Bonchev–Trinajstić information content (AvgIpc) is 2.63. The molecule has 15 heavy (non-hydrogen) atoms. The first kappa shape index (κ1) is 10.7. The van der Waals surface area contributed by atoms with E-state index in [2.05, 4.69) is 25.6 Å². The minimum Gasteiger partial charge on any atom is -0.359 e. The van der Waals surface area contributed by atoms with Crippen LogP contribution in [0, 0.1) is 0 Å². The van der Waals surface area contributed by atoms with E-state index in [0.29, 0.717) is 5.39 Å². The van der Waals surface area contributed by atoms with Crippen molar-refractivity contribution >= 4 is 36.9 Å². The zero-order valence-corrected chi connectivity index (χ0v) is 10.3. The van der Waals surface area contributed by atoms with Crippen molar-refractivity contribution in [1.29, 1.82) is 0 Å². The summed E-state index contributed by atoms with van der Waals surface area (Å²) in [5.74, 6) is 0. The number of fused-ring (bicyclic) bond motifs is 1. The van der Waals surface area contributed by atoms with Gasteiger partial charge in [0.1, 0.15) is 4.90 Å². The Kier molecular flexibility index (Phi) is 2.57. The molecule has 1 aromatic carbocycles. The molecule has 0 saturated heterocycles. The Morgan fingerprint density at radius 3 is 2.80 bits per heavy atom. The van der Waals surface area contributed by atoms with Gasteiger partial charge in [0.05, 0.1) is 5.52 Å². The van der Waals surface area contributed by atoms with Gasteiger partial charge in [-0.2, -0.15) is 0 Å². The number of aromatic amines is 1. The molecule has 0 fully saturated rings. The molecule has 80 valence electrons. The lowest BCUT2D eigenvalue weighted by atomic mass is 10.2. The van der Waals surface area contributed by atoms with E-state index in [1.54, 1.807) is 12.1 Å². The van der Waals surface area contributed by atoms with Crippen molar-refractivity contribution in [1.82, 2.24) is 9.71 Å². The number of H-pyrrole nitrogens is 1. The summed E-state index contributed by atoms with van der Waals surface area (Å²) in [5, 5.41) is 0.679. The molecule has 2 rings (SSSR count). The second-order valence-corrected chi connectivity index (χ2v) is 5.73. The highest BCUT2D eigenvalue weighted by atomic mass is 79.9. The molecule has 0 aliphatic carbocycles.